The number of nitrogens with zero attached hydrogens (tertiary/aromatic N) is 2. The number of piperidine rings is 1. The topological polar surface area (TPSA) is 6.48 Å². The molecule has 2 aliphatic heterocycles. The zero-order valence-electron chi connectivity index (χ0n) is 13.8. The van der Waals surface area contributed by atoms with Crippen molar-refractivity contribution in [3.8, 4) is 0 Å². The van der Waals surface area contributed by atoms with Gasteiger partial charge in [0.2, 0.25) is 0 Å². The Morgan fingerprint density at radius 2 is 1.86 bits per heavy atom. The maximum Gasteiger partial charge on any atom is 0.0239 e. The molecule has 1 fully saturated rings. The molecule has 1 aromatic rings. The lowest BCUT2D eigenvalue weighted by molar-refractivity contribution is 0.176. The number of fused-ring (bicyclic) bond motifs is 1. The second-order valence-electron chi connectivity index (χ2n) is 6.77. The lowest BCUT2D eigenvalue weighted by Crippen LogP contribution is -2.39. The van der Waals surface area contributed by atoms with Crippen LogP contribution >= 0.6 is 0 Å². The molecule has 0 aliphatic carbocycles. The second kappa shape index (κ2) is 6.93. The van der Waals surface area contributed by atoms with E-state index in [-0.39, 0.29) is 0 Å². The third kappa shape index (κ3) is 3.49. The standard InChI is InChI=1S/C19H30N2/c1-3-19-13-18-12-16(14-20-10-6-5-7-11-20)8-9-17(18)15-21(19)4-2/h8-9,12,19H,3-7,10-11,13-15H2,1-2H3. The van der Waals surface area contributed by atoms with Crippen molar-refractivity contribution < 1.29 is 0 Å². The summed E-state index contributed by atoms with van der Waals surface area (Å²) in [7, 11) is 0. The summed E-state index contributed by atoms with van der Waals surface area (Å²) in [6.45, 7) is 10.7. The van der Waals surface area contributed by atoms with Gasteiger partial charge in [0.05, 0.1) is 0 Å². The quantitative estimate of drug-likeness (QED) is 0.830. The number of likely N-dealkylation sites (tertiary alicyclic amines) is 1. The number of benzene rings is 1. The fourth-order valence-corrected chi connectivity index (χ4v) is 4.00. The molecule has 1 aromatic carbocycles. The summed E-state index contributed by atoms with van der Waals surface area (Å²) in [6, 6.07) is 8.00. The van der Waals surface area contributed by atoms with Crippen molar-refractivity contribution in [1.29, 1.82) is 0 Å². The van der Waals surface area contributed by atoms with Gasteiger partial charge in [0.1, 0.15) is 0 Å². The maximum atomic E-state index is 2.63. The minimum atomic E-state index is 0.743. The molecule has 0 N–H and O–H groups in total. The molecule has 21 heavy (non-hydrogen) atoms. The normalized spacial score (nSPS) is 24.0. The zero-order chi connectivity index (χ0) is 14.7. The summed E-state index contributed by atoms with van der Waals surface area (Å²) in [5, 5.41) is 0. The molecule has 2 heterocycles. The van der Waals surface area contributed by atoms with Crippen LogP contribution in [0.4, 0.5) is 0 Å². The molecule has 0 radical (unpaired) electrons. The van der Waals surface area contributed by atoms with E-state index in [0.29, 0.717) is 0 Å². The number of hydrogen-bond donors (Lipinski definition) is 0. The van der Waals surface area contributed by atoms with Crippen molar-refractivity contribution in [2.24, 2.45) is 0 Å². The second-order valence-corrected chi connectivity index (χ2v) is 6.77. The Kier molecular flexibility index (Phi) is 4.97. The Morgan fingerprint density at radius 3 is 2.57 bits per heavy atom. The van der Waals surface area contributed by atoms with Crippen LogP contribution in [0.5, 0.6) is 0 Å². The van der Waals surface area contributed by atoms with Crippen molar-refractivity contribution in [3.63, 3.8) is 0 Å². The third-order valence-electron chi connectivity index (χ3n) is 5.35. The smallest absolute Gasteiger partial charge is 0.0239 e. The predicted octanol–water partition coefficient (Wildman–Crippen LogP) is 3.83. The van der Waals surface area contributed by atoms with E-state index in [0.717, 1.165) is 19.1 Å². The Bertz CT molecular complexity index is 463. The highest BCUT2D eigenvalue weighted by Gasteiger charge is 2.23. The maximum absolute atomic E-state index is 2.63. The van der Waals surface area contributed by atoms with Gasteiger partial charge < -0.3 is 0 Å². The van der Waals surface area contributed by atoms with Gasteiger partial charge in [-0.25, -0.2) is 0 Å². The molecule has 0 spiro atoms. The van der Waals surface area contributed by atoms with Gasteiger partial charge in [0.25, 0.3) is 0 Å². The van der Waals surface area contributed by atoms with Crippen LogP contribution in [-0.2, 0) is 19.5 Å². The summed E-state index contributed by atoms with van der Waals surface area (Å²) in [5.74, 6) is 0. The first-order valence-electron chi connectivity index (χ1n) is 8.87. The van der Waals surface area contributed by atoms with Gasteiger partial charge in [-0.1, -0.05) is 38.5 Å². The molecule has 2 aliphatic rings. The SMILES string of the molecule is CCC1Cc2cc(CN3CCCCC3)ccc2CN1CC. The molecule has 1 unspecified atom stereocenters. The van der Waals surface area contributed by atoms with E-state index in [1.54, 1.807) is 11.1 Å². The lowest BCUT2D eigenvalue weighted by atomic mass is 9.91. The van der Waals surface area contributed by atoms with Crippen LogP contribution < -0.4 is 0 Å². The minimum Gasteiger partial charge on any atom is -0.299 e. The number of likely N-dealkylation sites (N-methyl/N-ethyl adjacent to an activating group) is 1. The molecule has 0 bridgehead atoms. The van der Waals surface area contributed by atoms with Crippen molar-refractivity contribution in [2.75, 3.05) is 19.6 Å². The molecular weight excluding hydrogens is 256 g/mol. The van der Waals surface area contributed by atoms with Crippen molar-refractivity contribution in [2.45, 2.75) is 65.1 Å². The van der Waals surface area contributed by atoms with Crippen LogP contribution in [0.25, 0.3) is 0 Å². The summed E-state index contributed by atoms with van der Waals surface area (Å²) < 4.78 is 0. The van der Waals surface area contributed by atoms with E-state index in [9.17, 15) is 0 Å². The first-order valence-corrected chi connectivity index (χ1v) is 8.87. The van der Waals surface area contributed by atoms with E-state index in [1.807, 2.05) is 0 Å². The fourth-order valence-electron chi connectivity index (χ4n) is 4.00. The first kappa shape index (κ1) is 15.1. The van der Waals surface area contributed by atoms with E-state index in [2.05, 4.69) is 41.8 Å². The summed E-state index contributed by atoms with van der Waals surface area (Å²) in [5.41, 5.74) is 4.69. The van der Waals surface area contributed by atoms with Crippen LogP contribution in [0.15, 0.2) is 18.2 Å². The predicted molar refractivity (Wildman–Crippen MR) is 89.4 cm³/mol. The van der Waals surface area contributed by atoms with Gasteiger partial charge in [-0.2, -0.15) is 0 Å². The fraction of sp³-hybridized carbons (Fsp3) is 0.684. The molecule has 2 nitrogen and oxygen atoms in total. The average molecular weight is 286 g/mol. The molecule has 116 valence electrons. The van der Waals surface area contributed by atoms with Gasteiger partial charge in [-0.05, 0) is 62.0 Å². The lowest BCUT2D eigenvalue weighted by Gasteiger charge is -2.36. The summed E-state index contributed by atoms with van der Waals surface area (Å²) in [4.78, 5) is 5.26. The van der Waals surface area contributed by atoms with E-state index >= 15 is 0 Å². The minimum absolute atomic E-state index is 0.743. The van der Waals surface area contributed by atoms with Crippen LogP contribution in [0.3, 0.4) is 0 Å². The van der Waals surface area contributed by atoms with Gasteiger partial charge in [0, 0.05) is 19.1 Å². The largest absolute Gasteiger partial charge is 0.299 e. The third-order valence-corrected chi connectivity index (χ3v) is 5.35. The Hall–Kier alpha value is -0.860. The van der Waals surface area contributed by atoms with Crippen LogP contribution in [0.1, 0.15) is 56.2 Å². The Morgan fingerprint density at radius 1 is 1.05 bits per heavy atom. The van der Waals surface area contributed by atoms with Gasteiger partial charge in [-0.15, -0.1) is 0 Å². The highest BCUT2D eigenvalue weighted by molar-refractivity contribution is 5.34. The number of hydrogen-bond acceptors (Lipinski definition) is 2. The van der Waals surface area contributed by atoms with E-state index in [4.69, 9.17) is 0 Å². The van der Waals surface area contributed by atoms with E-state index < -0.39 is 0 Å². The van der Waals surface area contributed by atoms with Gasteiger partial charge in [-0.3, -0.25) is 9.80 Å². The molecule has 1 saturated heterocycles. The Labute approximate surface area is 130 Å². The average Bonchev–Trinajstić information content (AvgIpc) is 2.54. The highest BCUT2D eigenvalue weighted by Crippen LogP contribution is 2.26. The molecule has 2 heteroatoms. The van der Waals surface area contributed by atoms with Crippen molar-refractivity contribution in [3.05, 3.63) is 34.9 Å². The number of rotatable bonds is 4. The highest BCUT2D eigenvalue weighted by atomic mass is 15.2. The van der Waals surface area contributed by atoms with E-state index in [1.165, 1.54) is 57.3 Å². The Balaban J connectivity index is 1.72. The summed E-state index contributed by atoms with van der Waals surface area (Å²) in [6.07, 6.45) is 6.70. The molecule has 0 aromatic heterocycles. The monoisotopic (exact) mass is 286 g/mol. The zero-order valence-corrected chi connectivity index (χ0v) is 13.8. The van der Waals surface area contributed by atoms with Crippen LogP contribution in [0, 0.1) is 0 Å². The van der Waals surface area contributed by atoms with Crippen molar-refractivity contribution >= 4 is 0 Å². The molecule has 3 rings (SSSR count). The van der Waals surface area contributed by atoms with Crippen LogP contribution in [-0.4, -0.2) is 35.5 Å². The summed E-state index contributed by atoms with van der Waals surface area (Å²) >= 11 is 0. The van der Waals surface area contributed by atoms with Crippen molar-refractivity contribution in [1.82, 2.24) is 9.80 Å². The van der Waals surface area contributed by atoms with Gasteiger partial charge >= 0.3 is 0 Å². The molecule has 0 amide bonds. The molecule has 1 atom stereocenters. The molecule has 0 saturated carbocycles. The van der Waals surface area contributed by atoms with Gasteiger partial charge in [0.15, 0.2) is 0 Å². The molecular formula is C19H30N2. The van der Waals surface area contributed by atoms with Crippen LogP contribution in [0.2, 0.25) is 0 Å². The first-order chi connectivity index (χ1) is 10.3.